The van der Waals surface area contributed by atoms with Gasteiger partial charge in [0, 0.05) is 45.1 Å². The molecule has 0 atom stereocenters. The topological polar surface area (TPSA) is 78.5 Å². The van der Waals surface area contributed by atoms with Gasteiger partial charge in [0.15, 0.2) is 0 Å². The molecule has 152 valence electrons. The number of halogens is 1. The second kappa shape index (κ2) is 10.4. The summed E-state index contributed by atoms with van der Waals surface area (Å²) in [5.41, 5.74) is 0.986. The lowest BCUT2D eigenvalue weighted by Gasteiger charge is -2.27. The summed E-state index contributed by atoms with van der Waals surface area (Å²) in [4.78, 5) is 12.2. The average Bonchev–Trinajstić information content (AvgIpc) is 2.89. The Hall–Kier alpha value is -1.15. The van der Waals surface area contributed by atoms with Gasteiger partial charge in [-0.3, -0.25) is 4.79 Å². The molecule has 0 radical (unpaired) electrons. The maximum Gasteiger partial charge on any atom is 0.243 e. The summed E-state index contributed by atoms with van der Waals surface area (Å²) in [5, 5.41) is 6.14. The van der Waals surface area contributed by atoms with Gasteiger partial charge in [0.25, 0.3) is 0 Å². The number of carbonyl (C=O) groups is 1. The molecule has 2 aliphatic rings. The highest BCUT2D eigenvalue weighted by molar-refractivity contribution is 7.89. The van der Waals surface area contributed by atoms with Crippen LogP contribution in [0.2, 0.25) is 0 Å². The number of amides is 1. The van der Waals surface area contributed by atoms with Gasteiger partial charge in [-0.1, -0.05) is 25.0 Å². The van der Waals surface area contributed by atoms with E-state index in [1.54, 1.807) is 16.4 Å². The number of rotatable bonds is 7. The van der Waals surface area contributed by atoms with Crippen molar-refractivity contribution in [3.8, 4) is 0 Å². The molecule has 0 aliphatic carbocycles. The number of sulfonamides is 1. The van der Waals surface area contributed by atoms with E-state index >= 15 is 0 Å². The van der Waals surface area contributed by atoms with Gasteiger partial charge in [0.1, 0.15) is 0 Å². The summed E-state index contributed by atoms with van der Waals surface area (Å²) in [7, 11) is -3.40. The highest BCUT2D eigenvalue weighted by Crippen LogP contribution is 2.21. The molecular formula is C19H30ClN3O3S. The summed E-state index contributed by atoms with van der Waals surface area (Å²) < 4.78 is 27.1. The first-order chi connectivity index (χ1) is 12.6. The first-order valence-electron chi connectivity index (χ1n) is 9.62. The van der Waals surface area contributed by atoms with Crippen molar-refractivity contribution in [2.24, 2.45) is 5.92 Å². The molecule has 0 saturated carbocycles. The van der Waals surface area contributed by atoms with E-state index in [0.29, 0.717) is 36.7 Å². The molecule has 3 rings (SSSR count). The monoisotopic (exact) mass is 415 g/mol. The van der Waals surface area contributed by atoms with E-state index in [1.807, 2.05) is 12.1 Å². The first kappa shape index (κ1) is 22.1. The number of hydrogen-bond acceptors (Lipinski definition) is 4. The van der Waals surface area contributed by atoms with Gasteiger partial charge in [0.05, 0.1) is 4.90 Å². The lowest BCUT2D eigenvalue weighted by molar-refractivity contribution is -0.121. The molecule has 0 unspecified atom stereocenters. The van der Waals surface area contributed by atoms with Crippen LogP contribution in [-0.4, -0.2) is 51.4 Å². The molecule has 6 nitrogen and oxygen atoms in total. The van der Waals surface area contributed by atoms with Gasteiger partial charge in [-0.15, -0.1) is 12.4 Å². The zero-order chi connectivity index (χ0) is 18.4. The molecule has 2 N–H and O–H groups in total. The zero-order valence-corrected chi connectivity index (χ0v) is 17.3. The van der Waals surface area contributed by atoms with Crippen molar-refractivity contribution in [1.29, 1.82) is 0 Å². The fourth-order valence-corrected chi connectivity index (χ4v) is 4.87. The second-order valence-corrected chi connectivity index (χ2v) is 9.23. The van der Waals surface area contributed by atoms with E-state index in [2.05, 4.69) is 10.6 Å². The van der Waals surface area contributed by atoms with Crippen LogP contribution in [0, 0.1) is 5.92 Å². The Morgan fingerprint density at radius 3 is 2.26 bits per heavy atom. The highest BCUT2D eigenvalue weighted by Gasteiger charge is 2.25. The van der Waals surface area contributed by atoms with Crippen LogP contribution >= 0.6 is 12.4 Å². The van der Waals surface area contributed by atoms with Crippen LogP contribution in [0.15, 0.2) is 29.2 Å². The SMILES string of the molecule is Cl.O=C(CCc1ccc(S(=O)(=O)N2CCCCCC2)cc1)NCC1CNC1. The minimum Gasteiger partial charge on any atom is -0.356 e. The molecule has 2 heterocycles. The van der Waals surface area contributed by atoms with Crippen molar-refractivity contribution in [1.82, 2.24) is 14.9 Å². The van der Waals surface area contributed by atoms with Crippen molar-refractivity contribution in [3.63, 3.8) is 0 Å². The van der Waals surface area contributed by atoms with E-state index < -0.39 is 10.0 Å². The van der Waals surface area contributed by atoms with Crippen molar-refractivity contribution in [2.45, 2.75) is 43.4 Å². The van der Waals surface area contributed by atoms with E-state index in [1.165, 1.54) is 0 Å². The Morgan fingerprint density at radius 2 is 1.70 bits per heavy atom. The maximum atomic E-state index is 12.8. The largest absolute Gasteiger partial charge is 0.356 e. The zero-order valence-electron chi connectivity index (χ0n) is 15.7. The fraction of sp³-hybridized carbons (Fsp3) is 0.632. The van der Waals surface area contributed by atoms with E-state index in [9.17, 15) is 13.2 Å². The van der Waals surface area contributed by atoms with Crippen molar-refractivity contribution in [2.75, 3.05) is 32.7 Å². The number of aryl methyl sites for hydroxylation is 1. The Labute approximate surface area is 168 Å². The molecule has 0 bridgehead atoms. The van der Waals surface area contributed by atoms with Crippen molar-refractivity contribution < 1.29 is 13.2 Å². The van der Waals surface area contributed by atoms with Crippen LogP contribution in [0.4, 0.5) is 0 Å². The summed E-state index contributed by atoms with van der Waals surface area (Å²) in [5.74, 6) is 0.612. The van der Waals surface area contributed by atoms with Crippen molar-refractivity contribution in [3.05, 3.63) is 29.8 Å². The van der Waals surface area contributed by atoms with Gasteiger partial charge >= 0.3 is 0 Å². The second-order valence-electron chi connectivity index (χ2n) is 7.29. The predicted molar refractivity (Wildman–Crippen MR) is 109 cm³/mol. The number of benzene rings is 1. The molecule has 8 heteroatoms. The standard InChI is InChI=1S/C19H29N3O3S.ClH/c23-19(21-15-17-13-20-14-17)10-7-16-5-8-18(9-6-16)26(24,25)22-11-3-1-2-4-12-22;/h5-6,8-9,17,20H,1-4,7,10-15H2,(H,21,23);1H. The molecule has 0 spiro atoms. The highest BCUT2D eigenvalue weighted by atomic mass is 35.5. The first-order valence-corrected chi connectivity index (χ1v) is 11.1. The summed E-state index contributed by atoms with van der Waals surface area (Å²) >= 11 is 0. The van der Waals surface area contributed by atoms with E-state index in [0.717, 1.165) is 50.9 Å². The van der Waals surface area contributed by atoms with E-state index in [-0.39, 0.29) is 18.3 Å². The third-order valence-electron chi connectivity index (χ3n) is 5.22. The minimum atomic E-state index is -3.40. The number of nitrogens with one attached hydrogen (secondary N) is 2. The molecule has 27 heavy (non-hydrogen) atoms. The molecular weight excluding hydrogens is 386 g/mol. The van der Waals surface area contributed by atoms with Crippen LogP contribution in [-0.2, 0) is 21.2 Å². The van der Waals surface area contributed by atoms with Crippen LogP contribution < -0.4 is 10.6 Å². The Morgan fingerprint density at radius 1 is 1.07 bits per heavy atom. The molecule has 1 aromatic rings. The maximum absolute atomic E-state index is 12.8. The molecule has 2 aliphatic heterocycles. The van der Waals surface area contributed by atoms with Crippen LogP contribution in [0.25, 0.3) is 0 Å². The Kier molecular flexibility index (Phi) is 8.54. The quantitative estimate of drug-likeness (QED) is 0.713. The number of carbonyl (C=O) groups excluding carboxylic acids is 1. The molecule has 1 amide bonds. The van der Waals surface area contributed by atoms with Crippen LogP contribution in [0.1, 0.15) is 37.7 Å². The van der Waals surface area contributed by atoms with Crippen molar-refractivity contribution >= 4 is 28.3 Å². The molecule has 2 fully saturated rings. The van der Waals surface area contributed by atoms with Crippen LogP contribution in [0.5, 0.6) is 0 Å². The molecule has 1 aromatic carbocycles. The third kappa shape index (κ3) is 6.17. The Bertz CT molecular complexity index is 697. The predicted octanol–water partition coefficient (Wildman–Crippen LogP) is 1.94. The lowest BCUT2D eigenvalue weighted by atomic mass is 10.0. The van der Waals surface area contributed by atoms with Gasteiger partial charge in [0.2, 0.25) is 15.9 Å². The fourth-order valence-electron chi connectivity index (χ4n) is 3.36. The molecule has 2 saturated heterocycles. The van der Waals surface area contributed by atoms with Gasteiger partial charge in [-0.25, -0.2) is 8.42 Å². The normalized spacial score (nSPS) is 18.8. The average molecular weight is 416 g/mol. The number of nitrogens with zero attached hydrogens (tertiary/aromatic N) is 1. The summed E-state index contributed by atoms with van der Waals surface area (Å²) in [6.45, 7) is 3.92. The lowest BCUT2D eigenvalue weighted by Crippen LogP contribution is -2.48. The third-order valence-corrected chi connectivity index (χ3v) is 7.13. The summed E-state index contributed by atoms with van der Waals surface area (Å²) in [6, 6.07) is 7.00. The van der Waals surface area contributed by atoms with E-state index in [4.69, 9.17) is 0 Å². The van der Waals surface area contributed by atoms with Crippen LogP contribution in [0.3, 0.4) is 0 Å². The Balaban J connectivity index is 0.00000261. The number of hydrogen-bond donors (Lipinski definition) is 2. The van der Waals surface area contributed by atoms with Gasteiger partial charge in [-0.2, -0.15) is 4.31 Å². The summed E-state index contributed by atoms with van der Waals surface area (Å²) in [6.07, 6.45) is 5.12. The molecule has 0 aromatic heterocycles. The van der Waals surface area contributed by atoms with Gasteiger partial charge in [-0.05, 0) is 37.0 Å². The smallest absolute Gasteiger partial charge is 0.243 e. The minimum absolute atomic E-state index is 0. The van der Waals surface area contributed by atoms with Gasteiger partial charge < -0.3 is 10.6 Å².